The van der Waals surface area contributed by atoms with Crippen LogP contribution in [-0.4, -0.2) is 57.7 Å². The zero-order valence-corrected chi connectivity index (χ0v) is 19.9. The van der Waals surface area contributed by atoms with Gasteiger partial charge in [0.15, 0.2) is 11.5 Å². The maximum Gasteiger partial charge on any atom is 0.227 e. The van der Waals surface area contributed by atoms with Crippen LogP contribution in [0.3, 0.4) is 0 Å². The van der Waals surface area contributed by atoms with Crippen molar-refractivity contribution in [3.8, 4) is 17.2 Å². The average molecular weight is 455 g/mol. The molecule has 3 rings (SSSR count). The number of nitrogens with zero attached hydrogens (tertiary/aromatic N) is 1. The molecule has 2 atom stereocenters. The standard InChI is InChI=1S/C26H34N2O5/c1-5-6-12-27-26(30)21-17-28(24(29)13-18-10-8-7-9-11-18)16-20(21)19-14-22(31-2)25(33-4)23(15-19)32-3/h7-11,14-15,20-21H,5-6,12-13,16-17H2,1-4H3,(H,27,30). The summed E-state index contributed by atoms with van der Waals surface area (Å²) in [5.41, 5.74) is 1.85. The number of carbonyl (C=O) groups excluding carboxylic acids is 2. The monoisotopic (exact) mass is 454 g/mol. The Morgan fingerprint density at radius 2 is 1.67 bits per heavy atom. The van der Waals surface area contributed by atoms with Crippen LogP contribution in [0, 0.1) is 5.92 Å². The molecule has 2 amide bonds. The summed E-state index contributed by atoms with van der Waals surface area (Å²) in [6.07, 6.45) is 2.24. The Bertz CT molecular complexity index is 922. The van der Waals surface area contributed by atoms with Gasteiger partial charge in [0.2, 0.25) is 17.6 Å². The molecule has 0 radical (unpaired) electrons. The first-order valence-electron chi connectivity index (χ1n) is 11.4. The van der Waals surface area contributed by atoms with Crippen molar-refractivity contribution in [2.75, 3.05) is 41.0 Å². The molecule has 1 aliphatic heterocycles. The number of unbranched alkanes of at least 4 members (excludes halogenated alkanes) is 1. The van der Waals surface area contributed by atoms with Crippen molar-refractivity contribution in [1.29, 1.82) is 0 Å². The Hall–Kier alpha value is -3.22. The molecule has 1 fully saturated rings. The van der Waals surface area contributed by atoms with Gasteiger partial charge in [0, 0.05) is 25.6 Å². The molecule has 2 unspecified atom stereocenters. The zero-order chi connectivity index (χ0) is 23.8. The number of amides is 2. The highest BCUT2D eigenvalue weighted by Gasteiger charge is 2.41. The zero-order valence-electron chi connectivity index (χ0n) is 19.9. The number of hydrogen-bond donors (Lipinski definition) is 1. The van der Waals surface area contributed by atoms with Crippen LogP contribution >= 0.6 is 0 Å². The van der Waals surface area contributed by atoms with E-state index in [2.05, 4.69) is 12.2 Å². The Morgan fingerprint density at radius 3 is 2.24 bits per heavy atom. The lowest BCUT2D eigenvalue weighted by Gasteiger charge is -2.21. The summed E-state index contributed by atoms with van der Waals surface area (Å²) in [7, 11) is 4.70. The lowest BCUT2D eigenvalue weighted by atomic mass is 9.88. The maximum atomic E-state index is 13.1. The fraction of sp³-hybridized carbons (Fsp3) is 0.462. The van der Waals surface area contributed by atoms with E-state index in [4.69, 9.17) is 14.2 Å². The van der Waals surface area contributed by atoms with Crippen LogP contribution in [-0.2, 0) is 16.0 Å². The van der Waals surface area contributed by atoms with E-state index >= 15 is 0 Å². The summed E-state index contributed by atoms with van der Waals surface area (Å²) < 4.78 is 16.5. The van der Waals surface area contributed by atoms with Crippen molar-refractivity contribution in [2.24, 2.45) is 5.92 Å². The van der Waals surface area contributed by atoms with Gasteiger partial charge in [-0.2, -0.15) is 0 Å². The highest BCUT2D eigenvalue weighted by molar-refractivity contribution is 5.84. The molecule has 0 bridgehead atoms. The number of carbonyl (C=O) groups is 2. The molecular weight excluding hydrogens is 420 g/mol. The number of likely N-dealkylation sites (tertiary alicyclic amines) is 1. The molecule has 7 heteroatoms. The van der Waals surface area contributed by atoms with Crippen molar-refractivity contribution in [3.05, 3.63) is 53.6 Å². The Morgan fingerprint density at radius 1 is 1.00 bits per heavy atom. The van der Waals surface area contributed by atoms with E-state index in [1.165, 1.54) is 0 Å². The summed E-state index contributed by atoms with van der Waals surface area (Å²) >= 11 is 0. The van der Waals surface area contributed by atoms with Gasteiger partial charge in [-0.3, -0.25) is 9.59 Å². The Kier molecular flexibility index (Phi) is 8.58. The van der Waals surface area contributed by atoms with Crippen LogP contribution in [0.4, 0.5) is 0 Å². The van der Waals surface area contributed by atoms with Crippen molar-refractivity contribution in [3.63, 3.8) is 0 Å². The molecule has 2 aromatic rings. The first-order valence-corrected chi connectivity index (χ1v) is 11.4. The second kappa shape index (κ2) is 11.6. The van der Waals surface area contributed by atoms with Crippen LogP contribution in [0.5, 0.6) is 17.2 Å². The molecule has 1 heterocycles. The van der Waals surface area contributed by atoms with Gasteiger partial charge < -0.3 is 24.4 Å². The minimum absolute atomic E-state index is 0.0162. The minimum atomic E-state index is -0.357. The fourth-order valence-electron chi connectivity index (χ4n) is 4.33. The Balaban J connectivity index is 1.89. The van der Waals surface area contributed by atoms with Crippen LogP contribution in [0.1, 0.15) is 36.8 Å². The quantitative estimate of drug-likeness (QED) is 0.557. The average Bonchev–Trinajstić information content (AvgIpc) is 3.29. The van der Waals surface area contributed by atoms with Crippen LogP contribution in [0.2, 0.25) is 0 Å². The van der Waals surface area contributed by atoms with E-state index in [1.807, 2.05) is 42.5 Å². The van der Waals surface area contributed by atoms with Gasteiger partial charge in [-0.1, -0.05) is 43.7 Å². The molecule has 7 nitrogen and oxygen atoms in total. The molecule has 33 heavy (non-hydrogen) atoms. The number of hydrogen-bond acceptors (Lipinski definition) is 5. The smallest absolute Gasteiger partial charge is 0.227 e. The van der Waals surface area contributed by atoms with Gasteiger partial charge in [0.25, 0.3) is 0 Å². The van der Waals surface area contributed by atoms with Crippen LogP contribution < -0.4 is 19.5 Å². The molecule has 2 aromatic carbocycles. The molecule has 0 aromatic heterocycles. The van der Waals surface area contributed by atoms with Gasteiger partial charge in [-0.25, -0.2) is 0 Å². The number of benzene rings is 2. The number of methoxy groups -OCH3 is 3. The summed E-state index contributed by atoms with van der Waals surface area (Å²) in [6.45, 7) is 3.55. The number of ether oxygens (including phenoxy) is 3. The van der Waals surface area contributed by atoms with Crippen LogP contribution in [0.25, 0.3) is 0 Å². The van der Waals surface area contributed by atoms with Gasteiger partial charge >= 0.3 is 0 Å². The van der Waals surface area contributed by atoms with E-state index in [1.54, 1.807) is 26.2 Å². The highest BCUT2D eigenvalue weighted by Crippen LogP contribution is 2.43. The van der Waals surface area contributed by atoms with Gasteiger partial charge in [0.1, 0.15) is 0 Å². The van der Waals surface area contributed by atoms with E-state index in [0.717, 1.165) is 24.0 Å². The lowest BCUT2D eigenvalue weighted by Crippen LogP contribution is -2.36. The van der Waals surface area contributed by atoms with Crippen molar-refractivity contribution in [1.82, 2.24) is 10.2 Å². The molecule has 0 spiro atoms. The van der Waals surface area contributed by atoms with E-state index in [-0.39, 0.29) is 23.7 Å². The summed E-state index contributed by atoms with van der Waals surface area (Å²) in [5, 5.41) is 3.05. The molecule has 178 valence electrons. The van der Waals surface area contributed by atoms with E-state index < -0.39 is 0 Å². The number of nitrogens with one attached hydrogen (secondary N) is 1. The van der Waals surface area contributed by atoms with E-state index in [9.17, 15) is 9.59 Å². The molecular formula is C26H34N2O5. The van der Waals surface area contributed by atoms with Gasteiger partial charge in [0.05, 0.1) is 33.7 Å². The highest BCUT2D eigenvalue weighted by atomic mass is 16.5. The van der Waals surface area contributed by atoms with Gasteiger partial charge in [-0.15, -0.1) is 0 Å². The molecule has 0 saturated carbocycles. The second-order valence-electron chi connectivity index (χ2n) is 8.28. The SMILES string of the molecule is CCCCNC(=O)C1CN(C(=O)Cc2ccccc2)CC1c1cc(OC)c(OC)c(OC)c1. The largest absolute Gasteiger partial charge is 0.493 e. The first-order chi connectivity index (χ1) is 16.0. The maximum absolute atomic E-state index is 13.1. The predicted octanol–water partition coefficient (Wildman–Crippen LogP) is 3.41. The molecule has 1 N–H and O–H groups in total. The minimum Gasteiger partial charge on any atom is -0.493 e. The molecule has 1 aliphatic rings. The van der Waals surface area contributed by atoms with Crippen molar-refractivity contribution >= 4 is 11.8 Å². The van der Waals surface area contributed by atoms with Crippen LogP contribution in [0.15, 0.2) is 42.5 Å². The number of rotatable bonds is 10. The molecule has 1 saturated heterocycles. The Labute approximate surface area is 196 Å². The summed E-state index contributed by atoms with van der Waals surface area (Å²) in [6, 6.07) is 13.4. The van der Waals surface area contributed by atoms with Crippen molar-refractivity contribution in [2.45, 2.75) is 32.1 Å². The second-order valence-corrected chi connectivity index (χ2v) is 8.28. The third-order valence-electron chi connectivity index (χ3n) is 6.15. The normalized spacial score (nSPS) is 17.5. The van der Waals surface area contributed by atoms with Crippen molar-refractivity contribution < 1.29 is 23.8 Å². The summed E-state index contributed by atoms with van der Waals surface area (Å²) in [4.78, 5) is 28.0. The van der Waals surface area contributed by atoms with Gasteiger partial charge in [-0.05, 0) is 29.7 Å². The van der Waals surface area contributed by atoms with E-state index in [0.29, 0.717) is 43.3 Å². The fourth-order valence-corrected chi connectivity index (χ4v) is 4.33. The first kappa shape index (κ1) is 24.4. The third kappa shape index (κ3) is 5.78. The predicted molar refractivity (Wildman–Crippen MR) is 127 cm³/mol. The third-order valence-corrected chi connectivity index (χ3v) is 6.15. The lowest BCUT2D eigenvalue weighted by molar-refractivity contribution is -0.130. The summed E-state index contributed by atoms with van der Waals surface area (Å²) in [5.74, 6) is 1.02. The topological polar surface area (TPSA) is 77.1 Å². The molecule has 0 aliphatic carbocycles.